The summed E-state index contributed by atoms with van der Waals surface area (Å²) in [5.41, 5.74) is 0. The van der Waals surface area contributed by atoms with E-state index in [0.717, 1.165) is 0 Å². The molecule has 0 radical (unpaired) electrons. The van der Waals surface area contributed by atoms with Gasteiger partial charge in [0.15, 0.2) is 0 Å². The third-order valence-corrected chi connectivity index (χ3v) is 4.52. The first-order valence-corrected chi connectivity index (χ1v) is 7.81. The highest BCUT2D eigenvalue weighted by Crippen LogP contribution is 2.47. The fourth-order valence-electron chi connectivity index (χ4n) is 1.85. The molecule has 0 aromatic carbocycles. The van der Waals surface area contributed by atoms with E-state index in [-0.39, 0.29) is 0 Å². The van der Waals surface area contributed by atoms with Gasteiger partial charge in [-0.25, -0.2) is 10.0 Å². The van der Waals surface area contributed by atoms with Crippen molar-refractivity contribution in [3.63, 3.8) is 0 Å². The highest BCUT2D eigenvalue weighted by molar-refractivity contribution is 7.53. The van der Waals surface area contributed by atoms with Crippen molar-refractivity contribution in [1.82, 2.24) is 14.9 Å². The summed E-state index contributed by atoms with van der Waals surface area (Å²) in [6.07, 6.45) is 0.344. The Bertz CT molecular complexity index is 273. The topological polar surface area (TPSA) is 97.3 Å². The summed E-state index contributed by atoms with van der Waals surface area (Å²) in [6, 6.07) is 0. The van der Waals surface area contributed by atoms with E-state index >= 15 is 0 Å². The average Bonchev–Trinajstić information content (AvgIpc) is 2.26. The number of hydrogen-bond donors (Lipinski definition) is 2. The quantitative estimate of drug-likeness (QED) is 0.489. The third-order valence-electron chi connectivity index (χ3n) is 2.47. The summed E-state index contributed by atoms with van der Waals surface area (Å²) >= 11 is 0. The monoisotopic (exact) mass is 281 g/mol. The van der Waals surface area contributed by atoms with Gasteiger partial charge in [0.05, 0.1) is 39.4 Å². The molecular formula is C9H24N5O3P. The van der Waals surface area contributed by atoms with E-state index in [9.17, 15) is 4.57 Å². The van der Waals surface area contributed by atoms with Crippen molar-refractivity contribution in [3.05, 3.63) is 0 Å². The Kier molecular flexibility index (Phi) is 6.68. The molecule has 4 N–H and O–H groups in total. The molecule has 0 saturated carbocycles. The highest BCUT2D eigenvalue weighted by atomic mass is 31.2. The maximum Gasteiger partial charge on any atom is 0.331 e. The second kappa shape index (κ2) is 7.52. The first kappa shape index (κ1) is 16.0. The van der Waals surface area contributed by atoms with Crippen LogP contribution in [-0.2, 0) is 13.6 Å². The Hall–Kier alpha value is -0.0500. The van der Waals surface area contributed by atoms with E-state index in [4.69, 9.17) is 20.7 Å². The molecule has 1 fully saturated rings. The Labute approximate surface area is 108 Å². The molecule has 0 aromatic heterocycles. The lowest BCUT2D eigenvalue weighted by atomic mass is 10.5. The predicted octanol–water partition coefficient (Wildman–Crippen LogP) is -0.208. The van der Waals surface area contributed by atoms with Gasteiger partial charge >= 0.3 is 7.60 Å². The third kappa shape index (κ3) is 5.29. The van der Waals surface area contributed by atoms with Crippen LogP contribution >= 0.6 is 7.60 Å². The molecule has 8 nitrogen and oxygen atoms in total. The van der Waals surface area contributed by atoms with Gasteiger partial charge in [0.2, 0.25) is 0 Å². The van der Waals surface area contributed by atoms with Gasteiger partial charge in [-0.15, -0.1) is 0 Å². The van der Waals surface area contributed by atoms with Crippen molar-refractivity contribution in [1.29, 1.82) is 0 Å². The number of rotatable bonds is 7. The van der Waals surface area contributed by atoms with Crippen molar-refractivity contribution in [2.24, 2.45) is 11.7 Å². The molecule has 18 heavy (non-hydrogen) atoms. The zero-order valence-corrected chi connectivity index (χ0v) is 12.0. The van der Waals surface area contributed by atoms with Crippen molar-refractivity contribution in [2.45, 2.75) is 13.8 Å². The van der Waals surface area contributed by atoms with E-state index in [2.05, 4.69) is 0 Å². The normalized spacial score (nSPS) is 20.4. The molecule has 0 aliphatic carbocycles. The van der Waals surface area contributed by atoms with E-state index in [1.807, 2.05) is 4.90 Å². The van der Waals surface area contributed by atoms with Gasteiger partial charge in [-0.3, -0.25) is 21.2 Å². The lowest BCUT2D eigenvalue weighted by molar-refractivity contribution is -0.0283. The summed E-state index contributed by atoms with van der Waals surface area (Å²) in [6.45, 7) is 6.62. The second-order valence-corrected chi connectivity index (χ2v) is 6.35. The van der Waals surface area contributed by atoms with Gasteiger partial charge in [-0.05, 0) is 13.8 Å². The highest BCUT2D eigenvalue weighted by Gasteiger charge is 2.26. The fourth-order valence-corrected chi connectivity index (χ4v) is 3.49. The Balaban J connectivity index is 2.44. The largest absolute Gasteiger partial charge is 0.331 e. The lowest BCUT2D eigenvalue weighted by Crippen LogP contribution is -2.59. The molecule has 9 heteroatoms. The Morgan fingerprint density at radius 3 is 2.00 bits per heavy atom. The maximum atomic E-state index is 12.3. The van der Waals surface area contributed by atoms with Gasteiger partial charge in [-0.1, -0.05) is 0 Å². The van der Waals surface area contributed by atoms with Gasteiger partial charge in [-0.2, -0.15) is 0 Å². The minimum absolute atomic E-state index is 0.344. The van der Waals surface area contributed by atoms with Crippen LogP contribution in [0.4, 0.5) is 0 Å². The van der Waals surface area contributed by atoms with Gasteiger partial charge in [0.1, 0.15) is 0 Å². The molecule has 108 valence electrons. The number of hydrazine groups is 2. The molecule has 1 rings (SSSR count). The maximum absolute atomic E-state index is 12.3. The summed E-state index contributed by atoms with van der Waals surface area (Å²) in [5.74, 6) is 11.4. The molecule has 0 amide bonds. The fraction of sp³-hybridized carbons (Fsp3) is 1.00. The zero-order chi connectivity index (χ0) is 13.6. The van der Waals surface area contributed by atoms with E-state index in [1.165, 1.54) is 0 Å². The van der Waals surface area contributed by atoms with Gasteiger partial charge in [0.25, 0.3) is 0 Å². The van der Waals surface area contributed by atoms with Crippen LogP contribution in [-0.4, -0.2) is 60.8 Å². The number of hydrogen-bond acceptors (Lipinski definition) is 8. The minimum Gasteiger partial charge on any atom is -0.309 e. The Morgan fingerprint density at radius 2 is 1.56 bits per heavy atom. The summed E-state index contributed by atoms with van der Waals surface area (Å²) in [4.78, 5) is 1.99. The van der Waals surface area contributed by atoms with Crippen molar-refractivity contribution in [2.75, 3.05) is 45.9 Å². The molecule has 0 bridgehead atoms. The molecule has 1 saturated heterocycles. The van der Waals surface area contributed by atoms with Crippen LogP contribution in [0.3, 0.4) is 0 Å². The van der Waals surface area contributed by atoms with Crippen LogP contribution in [0.5, 0.6) is 0 Å². The lowest BCUT2D eigenvalue weighted by Gasteiger charge is -2.38. The first-order chi connectivity index (χ1) is 8.49. The Morgan fingerprint density at radius 1 is 1.06 bits per heavy atom. The molecule has 1 aliphatic heterocycles. The van der Waals surface area contributed by atoms with E-state index < -0.39 is 7.60 Å². The van der Waals surface area contributed by atoms with Crippen LogP contribution in [0.25, 0.3) is 0 Å². The van der Waals surface area contributed by atoms with Gasteiger partial charge in [0, 0.05) is 6.54 Å². The average molecular weight is 281 g/mol. The molecule has 0 unspecified atom stereocenters. The second-order valence-electron chi connectivity index (χ2n) is 4.17. The molecule has 1 aliphatic rings. The number of nitrogens with two attached hydrogens (primary N) is 2. The molecule has 0 spiro atoms. The van der Waals surface area contributed by atoms with Crippen molar-refractivity contribution >= 4 is 7.60 Å². The first-order valence-electron chi connectivity index (χ1n) is 6.09. The van der Waals surface area contributed by atoms with Crippen LogP contribution in [0.1, 0.15) is 13.8 Å². The summed E-state index contributed by atoms with van der Waals surface area (Å²) < 4.78 is 22.7. The molecular weight excluding hydrogens is 257 g/mol. The minimum atomic E-state index is -2.99. The number of nitrogens with zero attached hydrogens (tertiary/aromatic N) is 3. The van der Waals surface area contributed by atoms with Crippen LogP contribution in [0.15, 0.2) is 0 Å². The van der Waals surface area contributed by atoms with E-state index in [1.54, 1.807) is 23.9 Å². The molecule has 0 aromatic rings. The van der Waals surface area contributed by atoms with E-state index in [0.29, 0.717) is 45.9 Å². The molecule has 1 heterocycles. The smallest absolute Gasteiger partial charge is 0.309 e. The summed E-state index contributed by atoms with van der Waals surface area (Å²) in [7, 11) is -2.99. The molecule has 0 atom stereocenters. The van der Waals surface area contributed by atoms with Crippen LogP contribution in [0.2, 0.25) is 0 Å². The summed E-state index contributed by atoms with van der Waals surface area (Å²) in [5, 5.41) is 3.19. The van der Waals surface area contributed by atoms with Gasteiger partial charge < -0.3 is 9.05 Å². The van der Waals surface area contributed by atoms with Crippen LogP contribution in [0, 0.1) is 0 Å². The van der Waals surface area contributed by atoms with Crippen molar-refractivity contribution < 1.29 is 13.6 Å². The SMILES string of the molecule is CCOP(=O)(CCN1CN(N)CN(N)C1)OCC. The standard InChI is InChI=1S/C9H24N5O3P/c1-3-16-18(15,17-4-2)6-5-12-7-13(10)9-14(11)8-12/h3-11H2,1-2H3. The predicted molar refractivity (Wildman–Crippen MR) is 69.1 cm³/mol. The van der Waals surface area contributed by atoms with Crippen LogP contribution < -0.4 is 11.7 Å². The van der Waals surface area contributed by atoms with Crippen molar-refractivity contribution in [3.8, 4) is 0 Å². The zero-order valence-electron chi connectivity index (χ0n) is 11.1.